The summed E-state index contributed by atoms with van der Waals surface area (Å²) < 4.78 is 1.74. The zero-order valence-electron chi connectivity index (χ0n) is 11.5. The quantitative estimate of drug-likeness (QED) is 0.755. The highest BCUT2D eigenvalue weighted by Gasteiger charge is 2.13. The van der Waals surface area contributed by atoms with Gasteiger partial charge in [0.15, 0.2) is 5.82 Å². The van der Waals surface area contributed by atoms with Crippen molar-refractivity contribution in [2.45, 2.75) is 13.5 Å². The van der Waals surface area contributed by atoms with Crippen molar-refractivity contribution in [2.75, 3.05) is 5.73 Å². The first-order valence-electron chi connectivity index (χ1n) is 6.51. The van der Waals surface area contributed by atoms with Crippen molar-refractivity contribution in [3.8, 4) is 11.4 Å². The van der Waals surface area contributed by atoms with Crippen molar-refractivity contribution < 1.29 is 0 Å². The molecule has 0 saturated heterocycles. The van der Waals surface area contributed by atoms with Gasteiger partial charge in [-0.05, 0) is 46.7 Å². The third-order valence-corrected chi connectivity index (χ3v) is 3.60. The number of nitrogens with zero attached hydrogens (tertiary/aromatic N) is 4. The molecule has 3 aromatic rings. The largest absolute Gasteiger partial charge is 0.398 e. The van der Waals surface area contributed by atoms with Crippen molar-refractivity contribution in [2.24, 2.45) is 0 Å². The normalized spacial score (nSPS) is 10.8. The first-order valence-corrected chi connectivity index (χ1v) is 6.89. The number of hydrogen-bond acceptors (Lipinski definition) is 4. The molecule has 0 unspecified atom stereocenters. The topological polar surface area (TPSA) is 69.6 Å². The van der Waals surface area contributed by atoms with E-state index in [1.807, 2.05) is 49.4 Å². The fourth-order valence-electron chi connectivity index (χ4n) is 2.21. The molecule has 0 spiro atoms. The highest BCUT2D eigenvalue weighted by atomic mass is 35.5. The maximum atomic E-state index is 6.01. The summed E-state index contributed by atoms with van der Waals surface area (Å²) in [7, 11) is 0. The number of nitrogen functional groups attached to an aromatic ring is 1. The van der Waals surface area contributed by atoms with Crippen LogP contribution in [0.4, 0.5) is 5.69 Å². The zero-order chi connectivity index (χ0) is 14.8. The highest BCUT2D eigenvalue weighted by molar-refractivity contribution is 6.30. The average molecular weight is 300 g/mol. The van der Waals surface area contributed by atoms with Crippen LogP contribution >= 0.6 is 11.6 Å². The Hall–Kier alpha value is -2.40. The second-order valence-electron chi connectivity index (χ2n) is 4.81. The van der Waals surface area contributed by atoms with Crippen LogP contribution in [0.2, 0.25) is 5.02 Å². The summed E-state index contributed by atoms with van der Waals surface area (Å²) in [5, 5.41) is 12.7. The summed E-state index contributed by atoms with van der Waals surface area (Å²) in [4.78, 5) is 0. The van der Waals surface area contributed by atoms with Crippen LogP contribution in [0.15, 0.2) is 42.5 Å². The number of anilines is 1. The monoisotopic (exact) mass is 299 g/mol. The molecule has 0 saturated carbocycles. The molecule has 2 aromatic carbocycles. The summed E-state index contributed by atoms with van der Waals surface area (Å²) in [6, 6.07) is 13.4. The number of tetrazole rings is 1. The molecule has 0 fully saturated rings. The number of benzene rings is 2. The second-order valence-corrected chi connectivity index (χ2v) is 5.25. The van der Waals surface area contributed by atoms with Crippen LogP contribution in [0.1, 0.15) is 11.1 Å². The minimum Gasteiger partial charge on any atom is -0.398 e. The predicted molar refractivity (Wildman–Crippen MR) is 83.0 cm³/mol. The summed E-state index contributed by atoms with van der Waals surface area (Å²) in [5.74, 6) is 0.694. The molecule has 1 heterocycles. The van der Waals surface area contributed by atoms with Crippen LogP contribution in [0.5, 0.6) is 0 Å². The summed E-state index contributed by atoms with van der Waals surface area (Å²) in [5.41, 5.74) is 9.62. The number of hydrogen-bond donors (Lipinski definition) is 1. The lowest BCUT2D eigenvalue weighted by molar-refractivity contribution is 0.653. The van der Waals surface area contributed by atoms with Gasteiger partial charge in [0.05, 0.1) is 6.54 Å². The van der Waals surface area contributed by atoms with Crippen LogP contribution in [-0.4, -0.2) is 20.2 Å². The minimum atomic E-state index is 0.553. The van der Waals surface area contributed by atoms with Gasteiger partial charge >= 0.3 is 0 Å². The Morgan fingerprint density at radius 2 is 2.00 bits per heavy atom. The molecule has 1 aromatic heterocycles. The SMILES string of the molecule is Cc1c(N)cccc1-c1nnnn1Cc1cccc(Cl)c1. The number of nitrogens with two attached hydrogens (primary N) is 1. The predicted octanol–water partition coefficient (Wildman–Crippen LogP) is 2.93. The van der Waals surface area contributed by atoms with E-state index in [0.717, 1.165) is 22.4 Å². The Kier molecular flexibility index (Phi) is 3.58. The van der Waals surface area contributed by atoms with Gasteiger partial charge in [-0.2, -0.15) is 0 Å². The molecule has 6 heteroatoms. The Balaban J connectivity index is 2.00. The number of rotatable bonds is 3. The Bertz CT molecular complexity index is 781. The fraction of sp³-hybridized carbons (Fsp3) is 0.133. The molecule has 106 valence electrons. The van der Waals surface area contributed by atoms with Gasteiger partial charge < -0.3 is 5.73 Å². The lowest BCUT2D eigenvalue weighted by atomic mass is 10.1. The Morgan fingerprint density at radius 3 is 2.81 bits per heavy atom. The Morgan fingerprint density at radius 1 is 1.19 bits per heavy atom. The van der Waals surface area contributed by atoms with Crippen molar-refractivity contribution in [1.82, 2.24) is 20.2 Å². The number of halogens is 1. The van der Waals surface area contributed by atoms with Gasteiger partial charge in [0, 0.05) is 16.3 Å². The first-order chi connectivity index (χ1) is 10.1. The van der Waals surface area contributed by atoms with Crippen LogP contribution < -0.4 is 5.73 Å². The van der Waals surface area contributed by atoms with Crippen molar-refractivity contribution in [3.63, 3.8) is 0 Å². The average Bonchev–Trinajstić information content (AvgIpc) is 2.90. The van der Waals surface area contributed by atoms with Gasteiger partial charge in [-0.3, -0.25) is 0 Å². The van der Waals surface area contributed by atoms with Crippen molar-refractivity contribution in [1.29, 1.82) is 0 Å². The van der Waals surface area contributed by atoms with E-state index in [-0.39, 0.29) is 0 Å². The van der Waals surface area contributed by atoms with Crippen molar-refractivity contribution >= 4 is 17.3 Å². The molecule has 5 nitrogen and oxygen atoms in total. The van der Waals surface area contributed by atoms with Gasteiger partial charge in [0.1, 0.15) is 0 Å². The molecule has 0 aliphatic carbocycles. The molecule has 2 N–H and O–H groups in total. The summed E-state index contributed by atoms with van der Waals surface area (Å²) >= 11 is 6.01. The molecule has 21 heavy (non-hydrogen) atoms. The van der Waals surface area contributed by atoms with E-state index in [9.17, 15) is 0 Å². The van der Waals surface area contributed by atoms with Gasteiger partial charge in [-0.1, -0.05) is 35.9 Å². The van der Waals surface area contributed by atoms with E-state index in [0.29, 0.717) is 17.4 Å². The van der Waals surface area contributed by atoms with Crippen LogP contribution in [0.3, 0.4) is 0 Å². The van der Waals surface area contributed by atoms with E-state index < -0.39 is 0 Å². The maximum absolute atomic E-state index is 6.01. The third kappa shape index (κ3) is 2.73. The molecule has 0 aliphatic rings. The van der Waals surface area contributed by atoms with Gasteiger partial charge in [0.25, 0.3) is 0 Å². The number of aromatic nitrogens is 4. The molecule has 0 radical (unpaired) electrons. The van der Waals surface area contributed by atoms with E-state index in [1.165, 1.54) is 0 Å². The molecule has 0 atom stereocenters. The van der Waals surface area contributed by atoms with Crippen molar-refractivity contribution in [3.05, 3.63) is 58.6 Å². The lowest BCUT2D eigenvalue weighted by Gasteiger charge is -2.09. The minimum absolute atomic E-state index is 0.553. The second kappa shape index (κ2) is 5.54. The van der Waals surface area contributed by atoms with Crippen LogP contribution in [0, 0.1) is 6.92 Å². The zero-order valence-corrected chi connectivity index (χ0v) is 12.2. The highest BCUT2D eigenvalue weighted by Crippen LogP contribution is 2.25. The maximum Gasteiger partial charge on any atom is 0.182 e. The van der Waals surface area contributed by atoms with E-state index in [1.54, 1.807) is 4.68 Å². The van der Waals surface area contributed by atoms with E-state index in [4.69, 9.17) is 17.3 Å². The van der Waals surface area contributed by atoms with Crippen LogP contribution in [-0.2, 0) is 6.54 Å². The molecular formula is C15H14ClN5. The molecule has 0 amide bonds. The van der Waals surface area contributed by atoms with Gasteiger partial charge in [-0.25, -0.2) is 4.68 Å². The molecule has 3 rings (SSSR count). The molecular weight excluding hydrogens is 286 g/mol. The summed E-state index contributed by atoms with van der Waals surface area (Å²) in [6.07, 6.45) is 0. The van der Waals surface area contributed by atoms with E-state index in [2.05, 4.69) is 15.5 Å². The molecule has 0 bridgehead atoms. The fourth-order valence-corrected chi connectivity index (χ4v) is 2.42. The van der Waals surface area contributed by atoms with Gasteiger partial charge in [-0.15, -0.1) is 5.10 Å². The smallest absolute Gasteiger partial charge is 0.182 e. The molecule has 0 aliphatic heterocycles. The van der Waals surface area contributed by atoms with Crippen LogP contribution in [0.25, 0.3) is 11.4 Å². The lowest BCUT2D eigenvalue weighted by Crippen LogP contribution is -2.05. The third-order valence-electron chi connectivity index (χ3n) is 3.37. The first kappa shape index (κ1) is 13.6. The van der Waals surface area contributed by atoms with E-state index >= 15 is 0 Å². The Labute approximate surface area is 127 Å². The summed E-state index contributed by atoms with van der Waals surface area (Å²) in [6.45, 7) is 2.51. The van der Waals surface area contributed by atoms with Gasteiger partial charge in [0.2, 0.25) is 0 Å². The standard InChI is InChI=1S/C15H14ClN5/c1-10-13(6-3-7-14(10)17)15-18-19-20-21(15)9-11-4-2-5-12(16)8-11/h2-8H,9,17H2,1H3.